The molecule has 1 aromatic heterocycles. The Hall–Kier alpha value is -3.32. The van der Waals surface area contributed by atoms with Crippen LogP contribution in [0.5, 0.6) is 11.5 Å². The van der Waals surface area contributed by atoms with Gasteiger partial charge in [-0.25, -0.2) is 9.97 Å². The number of nitrogens with zero attached hydrogens (tertiary/aromatic N) is 2. The first-order chi connectivity index (χ1) is 14.0. The minimum atomic E-state index is -0.185. The Balaban J connectivity index is 1.90. The number of benzene rings is 2. The molecule has 0 saturated carbocycles. The second-order valence-corrected chi connectivity index (χ2v) is 6.57. The number of methoxy groups -OCH3 is 1. The van der Waals surface area contributed by atoms with Crippen molar-refractivity contribution >= 4 is 39.9 Å². The van der Waals surface area contributed by atoms with Gasteiger partial charge in [-0.15, -0.1) is 6.58 Å². The van der Waals surface area contributed by atoms with E-state index in [-0.39, 0.29) is 11.7 Å². The second-order valence-electron chi connectivity index (χ2n) is 6.14. The highest BCUT2D eigenvalue weighted by atomic mass is 35.5. The Morgan fingerprint density at radius 3 is 2.90 bits per heavy atom. The Bertz CT molecular complexity index is 1060. The van der Waals surface area contributed by atoms with Crippen molar-refractivity contribution < 1.29 is 14.6 Å². The summed E-state index contributed by atoms with van der Waals surface area (Å²) >= 11 is 6.16. The lowest BCUT2D eigenvalue weighted by atomic mass is 10.1. The van der Waals surface area contributed by atoms with Gasteiger partial charge in [0, 0.05) is 28.7 Å². The summed E-state index contributed by atoms with van der Waals surface area (Å²) in [6.45, 7) is 3.89. The first kappa shape index (κ1) is 20.4. The average Bonchev–Trinajstić information content (AvgIpc) is 2.71. The maximum atomic E-state index is 11.9. The number of rotatable bonds is 8. The second kappa shape index (κ2) is 9.25. The van der Waals surface area contributed by atoms with Crippen LogP contribution in [0.15, 0.2) is 49.3 Å². The molecule has 29 heavy (non-hydrogen) atoms. The summed E-state index contributed by atoms with van der Waals surface area (Å²) in [6, 6.07) is 8.48. The predicted octanol–water partition coefficient (Wildman–Crippen LogP) is 4.14. The molecule has 0 saturated heterocycles. The van der Waals surface area contributed by atoms with Gasteiger partial charge in [0.1, 0.15) is 12.1 Å². The van der Waals surface area contributed by atoms with Gasteiger partial charge >= 0.3 is 0 Å². The molecule has 1 heterocycles. The van der Waals surface area contributed by atoms with E-state index in [4.69, 9.17) is 16.3 Å². The highest BCUT2D eigenvalue weighted by Gasteiger charge is 2.12. The molecule has 7 nitrogen and oxygen atoms in total. The molecule has 0 aliphatic carbocycles. The molecule has 2 aromatic carbocycles. The number of amides is 1. The highest BCUT2D eigenvalue weighted by Crippen LogP contribution is 2.34. The van der Waals surface area contributed by atoms with Crippen LogP contribution in [0, 0.1) is 6.42 Å². The van der Waals surface area contributed by atoms with E-state index in [2.05, 4.69) is 27.2 Å². The largest absolute Gasteiger partial charge is 0.504 e. The normalized spacial score (nSPS) is 10.6. The third-order valence-electron chi connectivity index (χ3n) is 4.18. The van der Waals surface area contributed by atoms with E-state index < -0.39 is 0 Å². The topological polar surface area (TPSA) is 96.4 Å². The summed E-state index contributed by atoms with van der Waals surface area (Å²) in [5.41, 5.74) is 2.10. The Morgan fingerprint density at radius 1 is 1.31 bits per heavy atom. The van der Waals surface area contributed by atoms with E-state index in [1.807, 2.05) is 6.07 Å². The zero-order valence-electron chi connectivity index (χ0n) is 15.8. The molecule has 0 bridgehead atoms. The number of aromatic hydroxyl groups is 1. The van der Waals surface area contributed by atoms with Gasteiger partial charge in [0.05, 0.1) is 19.0 Å². The molecule has 149 valence electrons. The third-order valence-corrected chi connectivity index (χ3v) is 4.42. The number of phenolic OH excluding ortho intramolecular Hbond substituents is 1. The molecule has 0 fully saturated rings. The SMILES string of the molecule is C=CC[CH]C(=O)NCc1ccc(Cl)cc1Nc1ncnc2cc(OC)c(O)cc12. The zero-order chi connectivity index (χ0) is 20.8. The first-order valence-electron chi connectivity index (χ1n) is 8.81. The summed E-state index contributed by atoms with van der Waals surface area (Å²) in [6.07, 6.45) is 5.08. The number of hydrogen-bond acceptors (Lipinski definition) is 6. The van der Waals surface area contributed by atoms with Crippen LogP contribution < -0.4 is 15.4 Å². The molecule has 0 unspecified atom stereocenters. The van der Waals surface area contributed by atoms with Crippen molar-refractivity contribution in [2.24, 2.45) is 0 Å². The van der Waals surface area contributed by atoms with Crippen LogP contribution in [0.4, 0.5) is 11.5 Å². The van der Waals surface area contributed by atoms with E-state index >= 15 is 0 Å². The third kappa shape index (κ3) is 4.94. The van der Waals surface area contributed by atoms with Gasteiger partial charge in [0.2, 0.25) is 5.91 Å². The summed E-state index contributed by atoms with van der Waals surface area (Å²) in [5, 5.41) is 17.3. The average molecular weight is 412 g/mol. The Labute approximate surface area is 173 Å². The lowest BCUT2D eigenvalue weighted by Crippen LogP contribution is -2.23. The van der Waals surface area contributed by atoms with E-state index in [0.717, 1.165) is 5.56 Å². The molecule has 3 rings (SSSR count). The zero-order valence-corrected chi connectivity index (χ0v) is 16.5. The molecule has 0 atom stereocenters. The van der Waals surface area contributed by atoms with Crippen molar-refractivity contribution in [3.05, 3.63) is 66.3 Å². The number of fused-ring (bicyclic) bond motifs is 1. The van der Waals surface area contributed by atoms with Crippen LogP contribution in [0.3, 0.4) is 0 Å². The fraction of sp³-hybridized carbons (Fsp3) is 0.143. The fourth-order valence-corrected chi connectivity index (χ4v) is 2.90. The van der Waals surface area contributed by atoms with Crippen LogP contribution in [-0.2, 0) is 11.3 Å². The molecule has 3 N–H and O–H groups in total. The lowest BCUT2D eigenvalue weighted by Gasteiger charge is -2.14. The summed E-state index contributed by atoms with van der Waals surface area (Å²) < 4.78 is 5.13. The molecule has 0 aliphatic heterocycles. The quantitative estimate of drug-likeness (QED) is 0.482. The minimum Gasteiger partial charge on any atom is -0.504 e. The maximum absolute atomic E-state index is 11.9. The monoisotopic (exact) mass is 411 g/mol. The number of nitrogens with one attached hydrogen (secondary N) is 2. The number of phenols is 1. The van der Waals surface area contributed by atoms with Gasteiger partial charge in [0.25, 0.3) is 0 Å². The van der Waals surface area contributed by atoms with Crippen molar-refractivity contribution in [1.82, 2.24) is 15.3 Å². The molecular weight excluding hydrogens is 392 g/mol. The molecule has 1 radical (unpaired) electrons. The smallest absolute Gasteiger partial charge is 0.224 e. The molecule has 1 amide bonds. The maximum Gasteiger partial charge on any atom is 0.224 e. The number of halogens is 1. The summed E-state index contributed by atoms with van der Waals surface area (Å²) in [7, 11) is 1.47. The fourth-order valence-electron chi connectivity index (χ4n) is 2.73. The van der Waals surface area contributed by atoms with Crippen molar-refractivity contribution in [3.63, 3.8) is 0 Å². The molecule has 3 aromatic rings. The van der Waals surface area contributed by atoms with Gasteiger partial charge in [-0.3, -0.25) is 4.79 Å². The molecular formula is C21H20ClN4O3. The molecule has 8 heteroatoms. The van der Waals surface area contributed by atoms with Crippen LogP contribution >= 0.6 is 11.6 Å². The van der Waals surface area contributed by atoms with Gasteiger partial charge < -0.3 is 20.5 Å². The van der Waals surface area contributed by atoms with E-state index in [0.29, 0.717) is 46.1 Å². The van der Waals surface area contributed by atoms with Crippen LogP contribution in [0.2, 0.25) is 5.02 Å². The standard InChI is InChI=1S/C21H20ClN4O3/c1-3-4-5-20(28)23-11-13-6-7-14(22)8-16(13)26-21-15-9-18(27)19(29-2)10-17(15)24-12-25-21/h3,5-10,12,27H,1,4,11H2,2H3,(H,23,28)(H,24,25,26). The predicted molar refractivity (Wildman–Crippen MR) is 113 cm³/mol. The number of hydrogen-bond donors (Lipinski definition) is 3. The van der Waals surface area contributed by atoms with Gasteiger partial charge in [-0.1, -0.05) is 23.7 Å². The number of ether oxygens (including phenoxy) is 1. The number of anilines is 2. The highest BCUT2D eigenvalue weighted by molar-refractivity contribution is 6.30. The van der Waals surface area contributed by atoms with Crippen LogP contribution in [0.25, 0.3) is 10.9 Å². The van der Waals surface area contributed by atoms with E-state index in [1.165, 1.54) is 25.9 Å². The molecule has 0 spiro atoms. The van der Waals surface area contributed by atoms with Crippen molar-refractivity contribution in [2.75, 3.05) is 12.4 Å². The Morgan fingerprint density at radius 2 is 2.14 bits per heavy atom. The lowest BCUT2D eigenvalue weighted by molar-refractivity contribution is -0.118. The van der Waals surface area contributed by atoms with E-state index in [1.54, 1.807) is 24.3 Å². The van der Waals surface area contributed by atoms with Crippen molar-refractivity contribution in [1.29, 1.82) is 0 Å². The van der Waals surface area contributed by atoms with Crippen LogP contribution in [-0.4, -0.2) is 28.1 Å². The Kier molecular flexibility index (Phi) is 6.51. The number of allylic oxidation sites excluding steroid dienone is 1. The summed E-state index contributed by atoms with van der Waals surface area (Å²) in [5.74, 6) is 0.606. The van der Waals surface area contributed by atoms with Crippen molar-refractivity contribution in [3.8, 4) is 11.5 Å². The van der Waals surface area contributed by atoms with Gasteiger partial charge in [-0.2, -0.15) is 0 Å². The molecule has 0 aliphatic rings. The number of aromatic nitrogens is 2. The first-order valence-corrected chi connectivity index (χ1v) is 9.18. The van der Waals surface area contributed by atoms with Crippen LogP contribution in [0.1, 0.15) is 12.0 Å². The minimum absolute atomic E-state index is 0.0193. The van der Waals surface area contributed by atoms with Gasteiger partial charge in [-0.05, 0) is 30.2 Å². The number of carbonyl (C=O) groups excluding carboxylic acids is 1. The number of carbonyl (C=O) groups is 1. The van der Waals surface area contributed by atoms with Gasteiger partial charge in [0.15, 0.2) is 11.5 Å². The van der Waals surface area contributed by atoms with E-state index in [9.17, 15) is 9.90 Å². The van der Waals surface area contributed by atoms with Crippen molar-refractivity contribution in [2.45, 2.75) is 13.0 Å². The summed E-state index contributed by atoms with van der Waals surface area (Å²) in [4.78, 5) is 20.4.